The largest absolute Gasteiger partial charge is 0.325 e. The summed E-state index contributed by atoms with van der Waals surface area (Å²) in [5.41, 5.74) is 6.76. The molecule has 0 spiro atoms. The van der Waals surface area contributed by atoms with Crippen molar-refractivity contribution >= 4 is 11.3 Å². The van der Waals surface area contributed by atoms with Gasteiger partial charge in [-0.15, -0.1) is 11.3 Å². The van der Waals surface area contributed by atoms with E-state index in [9.17, 15) is 4.39 Å². The van der Waals surface area contributed by atoms with E-state index >= 15 is 0 Å². The van der Waals surface area contributed by atoms with E-state index in [0.717, 1.165) is 10.6 Å². The zero-order valence-electron chi connectivity index (χ0n) is 9.69. The monoisotopic (exact) mass is 250 g/mol. The molecule has 4 heteroatoms. The molecular formula is C13H15FN2S. The van der Waals surface area contributed by atoms with Gasteiger partial charge in [-0.2, -0.15) is 0 Å². The van der Waals surface area contributed by atoms with Gasteiger partial charge in [-0.25, -0.2) is 9.37 Å². The molecule has 2 nitrogen and oxygen atoms in total. The van der Waals surface area contributed by atoms with Crippen molar-refractivity contribution in [1.29, 1.82) is 0 Å². The Balaban J connectivity index is 2.06. The third kappa shape index (κ3) is 3.61. The summed E-state index contributed by atoms with van der Waals surface area (Å²) >= 11 is 1.60. The van der Waals surface area contributed by atoms with Crippen molar-refractivity contribution in [2.75, 3.05) is 0 Å². The van der Waals surface area contributed by atoms with Gasteiger partial charge in [-0.3, -0.25) is 0 Å². The molecule has 0 aliphatic carbocycles. The first kappa shape index (κ1) is 12.2. The zero-order chi connectivity index (χ0) is 12.3. The lowest BCUT2D eigenvalue weighted by Gasteiger charge is -2.23. The van der Waals surface area contributed by atoms with Crippen molar-refractivity contribution in [1.82, 2.24) is 4.98 Å². The van der Waals surface area contributed by atoms with E-state index in [1.54, 1.807) is 23.6 Å². The van der Waals surface area contributed by atoms with E-state index in [1.165, 1.54) is 12.1 Å². The van der Waals surface area contributed by atoms with Crippen LogP contribution >= 0.6 is 11.3 Å². The van der Waals surface area contributed by atoms with Crippen molar-refractivity contribution in [3.05, 3.63) is 52.2 Å². The van der Waals surface area contributed by atoms with Gasteiger partial charge in [0.25, 0.3) is 0 Å². The molecule has 1 unspecified atom stereocenters. The van der Waals surface area contributed by atoms with E-state index in [0.29, 0.717) is 12.8 Å². The topological polar surface area (TPSA) is 38.9 Å². The van der Waals surface area contributed by atoms with Gasteiger partial charge in [0.1, 0.15) is 5.82 Å². The summed E-state index contributed by atoms with van der Waals surface area (Å²) in [5.74, 6) is -0.215. The number of hydrogen-bond acceptors (Lipinski definition) is 3. The number of hydrogen-bond donors (Lipinski definition) is 1. The Morgan fingerprint density at radius 3 is 2.88 bits per heavy atom. The van der Waals surface area contributed by atoms with Gasteiger partial charge in [0, 0.05) is 23.5 Å². The molecule has 0 aliphatic heterocycles. The molecule has 1 atom stereocenters. The Labute approximate surface area is 104 Å². The maximum absolute atomic E-state index is 13.1. The van der Waals surface area contributed by atoms with Gasteiger partial charge in [0.05, 0.1) is 5.01 Å². The first-order valence-corrected chi connectivity index (χ1v) is 6.35. The lowest BCUT2D eigenvalue weighted by Crippen LogP contribution is -2.40. The molecule has 2 N–H and O–H groups in total. The Kier molecular flexibility index (Phi) is 3.54. The number of halogens is 1. The van der Waals surface area contributed by atoms with Crippen molar-refractivity contribution in [3.8, 4) is 0 Å². The molecule has 0 fully saturated rings. The van der Waals surface area contributed by atoms with E-state index in [1.807, 2.05) is 18.4 Å². The van der Waals surface area contributed by atoms with Crippen LogP contribution in [0.2, 0.25) is 0 Å². The quantitative estimate of drug-likeness (QED) is 0.906. The van der Waals surface area contributed by atoms with E-state index in [2.05, 4.69) is 4.98 Å². The first-order chi connectivity index (χ1) is 8.05. The third-order valence-corrected chi connectivity index (χ3v) is 3.32. The molecule has 0 saturated heterocycles. The molecule has 2 rings (SSSR count). The fraction of sp³-hybridized carbons (Fsp3) is 0.308. The first-order valence-electron chi connectivity index (χ1n) is 5.47. The van der Waals surface area contributed by atoms with Gasteiger partial charge in [-0.05, 0) is 31.0 Å². The number of nitrogens with two attached hydrogens (primary N) is 1. The van der Waals surface area contributed by atoms with E-state index in [4.69, 9.17) is 5.73 Å². The summed E-state index contributed by atoms with van der Waals surface area (Å²) in [6, 6.07) is 6.59. The Morgan fingerprint density at radius 2 is 2.24 bits per heavy atom. The Bertz CT molecular complexity index is 480. The molecule has 0 bridgehead atoms. The maximum Gasteiger partial charge on any atom is 0.123 e. The number of rotatable bonds is 4. The Hall–Kier alpha value is -1.26. The summed E-state index contributed by atoms with van der Waals surface area (Å²) in [4.78, 5) is 4.23. The smallest absolute Gasteiger partial charge is 0.123 e. The van der Waals surface area contributed by atoms with Crippen LogP contribution in [0.5, 0.6) is 0 Å². The van der Waals surface area contributed by atoms with Gasteiger partial charge in [0.2, 0.25) is 0 Å². The van der Waals surface area contributed by atoms with Crippen LogP contribution in [0.4, 0.5) is 4.39 Å². The molecule has 0 saturated carbocycles. The minimum atomic E-state index is -0.397. The van der Waals surface area contributed by atoms with Gasteiger partial charge in [0.15, 0.2) is 0 Å². The average molecular weight is 250 g/mol. The van der Waals surface area contributed by atoms with E-state index < -0.39 is 5.54 Å². The lowest BCUT2D eigenvalue weighted by atomic mass is 9.91. The third-order valence-electron chi connectivity index (χ3n) is 2.54. The SMILES string of the molecule is CC(N)(Cc1cccc(F)c1)Cc1nccs1. The van der Waals surface area contributed by atoms with Crippen LogP contribution in [0.3, 0.4) is 0 Å². The predicted octanol–water partition coefficient (Wildman–Crippen LogP) is 2.78. The number of aromatic nitrogens is 1. The van der Waals surface area contributed by atoms with Crippen molar-refractivity contribution in [2.45, 2.75) is 25.3 Å². The van der Waals surface area contributed by atoms with Crippen LogP contribution in [0.25, 0.3) is 0 Å². The molecule has 1 heterocycles. The highest BCUT2D eigenvalue weighted by Gasteiger charge is 2.21. The second-order valence-corrected chi connectivity index (χ2v) is 5.54. The highest BCUT2D eigenvalue weighted by molar-refractivity contribution is 7.09. The van der Waals surface area contributed by atoms with Crippen LogP contribution in [-0.2, 0) is 12.8 Å². The fourth-order valence-corrected chi connectivity index (χ4v) is 2.68. The normalized spacial score (nSPS) is 14.5. The van der Waals surface area contributed by atoms with Gasteiger partial charge >= 0.3 is 0 Å². The van der Waals surface area contributed by atoms with Crippen LogP contribution in [0.1, 0.15) is 17.5 Å². The predicted molar refractivity (Wildman–Crippen MR) is 68.5 cm³/mol. The average Bonchev–Trinajstić information content (AvgIpc) is 2.68. The second kappa shape index (κ2) is 4.94. The summed E-state index contributed by atoms with van der Waals surface area (Å²) in [7, 11) is 0. The standard InChI is InChI=1S/C13H15FN2S/c1-13(15,9-12-16-5-6-17-12)8-10-3-2-4-11(14)7-10/h2-7H,8-9,15H2,1H3. The van der Waals surface area contributed by atoms with Crippen LogP contribution < -0.4 is 5.73 Å². The second-order valence-electron chi connectivity index (χ2n) is 4.56. The number of benzene rings is 1. The van der Waals surface area contributed by atoms with Crippen molar-refractivity contribution in [2.24, 2.45) is 5.73 Å². The Morgan fingerprint density at radius 1 is 1.41 bits per heavy atom. The minimum Gasteiger partial charge on any atom is -0.325 e. The fourth-order valence-electron chi connectivity index (χ4n) is 1.86. The molecule has 1 aromatic heterocycles. The van der Waals surface area contributed by atoms with Crippen LogP contribution in [-0.4, -0.2) is 10.5 Å². The highest BCUT2D eigenvalue weighted by atomic mass is 32.1. The van der Waals surface area contributed by atoms with Crippen molar-refractivity contribution in [3.63, 3.8) is 0 Å². The summed E-state index contributed by atoms with van der Waals surface area (Å²) < 4.78 is 13.1. The minimum absolute atomic E-state index is 0.215. The van der Waals surface area contributed by atoms with Gasteiger partial charge < -0.3 is 5.73 Å². The number of nitrogens with zero attached hydrogens (tertiary/aromatic N) is 1. The molecule has 2 aromatic rings. The molecule has 0 amide bonds. The zero-order valence-corrected chi connectivity index (χ0v) is 10.5. The van der Waals surface area contributed by atoms with E-state index in [-0.39, 0.29) is 5.82 Å². The molecular weight excluding hydrogens is 235 g/mol. The molecule has 0 radical (unpaired) electrons. The number of thiazole rings is 1. The molecule has 17 heavy (non-hydrogen) atoms. The molecule has 0 aliphatic rings. The molecule has 90 valence electrons. The summed E-state index contributed by atoms with van der Waals surface area (Å²) in [5, 5.41) is 2.96. The van der Waals surface area contributed by atoms with Crippen molar-refractivity contribution < 1.29 is 4.39 Å². The summed E-state index contributed by atoms with van der Waals surface area (Å²) in [6.45, 7) is 1.97. The van der Waals surface area contributed by atoms with Crippen LogP contribution in [0.15, 0.2) is 35.8 Å². The highest BCUT2D eigenvalue weighted by Crippen LogP contribution is 2.18. The molecule has 1 aromatic carbocycles. The van der Waals surface area contributed by atoms with Crippen LogP contribution in [0, 0.1) is 5.82 Å². The maximum atomic E-state index is 13.1. The van der Waals surface area contributed by atoms with Gasteiger partial charge in [-0.1, -0.05) is 12.1 Å². The lowest BCUT2D eigenvalue weighted by molar-refractivity contribution is 0.460. The summed E-state index contributed by atoms with van der Waals surface area (Å²) in [6.07, 6.45) is 3.13.